The van der Waals surface area contributed by atoms with Crippen molar-refractivity contribution in [1.29, 1.82) is 0 Å². The molecule has 1 aliphatic rings. The second-order valence-electron chi connectivity index (χ2n) is 4.58. The second kappa shape index (κ2) is 7.27. The van der Waals surface area contributed by atoms with Gasteiger partial charge in [-0.1, -0.05) is 0 Å². The van der Waals surface area contributed by atoms with Crippen molar-refractivity contribution in [2.45, 2.75) is 45.1 Å². The topological polar surface area (TPSA) is 75.6 Å². The third-order valence-corrected chi connectivity index (χ3v) is 3.11. The molecule has 1 atom stereocenters. The number of ether oxygens (including phenoxy) is 1. The van der Waals surface area contributed by atoms with Crippen LogP contribution in [0.25, 0.3) is 0 Å². The van der Waals surface area contributed by atoms with Crippen LogP contribution in [0.1, 0.15) is 39.0 Å². The number of aliphatic carboxylic acids is 1. The average molecular weight is 243 g/mol. The number of hydrogen-bond acceptors (Lipinski definition) is 3. The number of hydrogen-bond donors (Lipinski definition) is 2. The van der Waals surface area contributed by atoms with Gasteiger partial charge in [-0.05, 0) is 38.5 Å². The molecule has 1 aliphatic heterocycles. The van der Waals surface area contributed by atoms with Crippen LogP contribution >= 0.6 is 0 Å². The maximum Gasteiger partial charge on any atom is 0.325 e. The summed E-state index contributed by atoms with van der Waals surface area (Å²) in [5.41, 5.74) is 0. The molecule has 0 unspecified atom stereocenters. The number of carbonyl (C=O) groups is 2. The summed E-state index contributed by atoms with van der Waals surface area (Å²) in [6.07, 6.45) is 4.41. The van der Waals surface area contributed by atoms with E-state index in [1.807, 2.05) is 0 Å². The van der Waals surface area contributed by atoms with Crippen LogP contribution in [0.3, 0.4) is 0 Å². The van der Waals surface area contributed by atoms with Crippen LogP contribution < -0.4 is 5.32 Å². The highest BCUT2D eigenvalue weighted by Crippen LogP contribution is 2.20. The fourth-order valence-corrected chi connectivity index (χ4v) is 1.96. The van der Waals surface area contributed by atoms with Crippen molar-refractivity contribution in [2.75, 3.05) is 13.2 Å². The number of rotatable bonds is 6. The Morgan fingerprint density at radius 2 is 2.06 bits per heavy atom. The first-order chi connectivity index (χ1) is 8.09. The van der Waals surface area contributed by atoms with Gasteiger partial charge in [-0.3, -0.25) is 9.59 Å². The molecule has 17 heavy (non-hydrogen) atoms. The van der Waals surface area contributed by atoms with E-state index in [9.17, 15) is 9.59 Å². The molecule has 1 saturated heterocycles. The summed E-state index contributed by atoms with van der Waals surface area (Å²) in [6, 6.07) is -0.800. The first kappa shape index (κ1) is 14.0. The van der Waals surface area contributed by atoms with E-state index >= 15 is 0 Å². The van der Waals surface area contributed by atoms with Crippen molar-refractivity contribution in [3.8, 4) is 0 Å². The van der Waals surface area contributed by atoms with E-state index in [2.05, 4.69) is 5.32 Å². The molecule has 0 aromatic heterocycles. The van der Waals surface area contributed by atoms with Gasteiger partial charge >= 0.3 is 5.97 Å². The molecule has 0 saturated carbocycles. The molecule has 0 radical (unpaired) electrons. The molecule has 98 valence electrons. The first-order valence-electron chi connectivity index (χ1n) is 6.19. The molecule has 0 aromatic carbocycles. The predicted octanol–water partition coefficient (Wildman–Crippen LogP) is 1.17. The van der Waals surface area contributed by atoms with Crippen LogP contribution in [0.15, 0.2) is 0 Å². The monoisotopic (exact) mass is 243 g/mol. The lowest BCUT2D eigenvalue weighted by Crippen LogP contribution is -2.38. The van der Waals surface area contributed by atoms with E-state index in [1.165, 1.54) is 6.92 Å². The van der Waals surface area contributed by atoms with Gasteiger partial charge in [0.25, 0.3) is 0 Å². The minimum atomic E-state index is -0.997. The van der Waals surface area contributed by atoms with Crippen LogP contribution in [0.5, 0.6) is 0 Å². The van der Waals surface area contributed by atoms with Crippen molar-refractivity contribution in [1.82, 2.24) is 5.32 Å². The van der Waals surface area contributed by atoms with Crippen LogP contribution in [0.4, 0.5) is 0 Å². The van der Waals surface area contributed by atoms with Crippen LogP contribution in [-0.2, 0) is 14.3 Å². The van der Waals surface area contributed by atoms with Gasteiger partial charge in [0, 0.05) is 19.6 Å². The lowest BCUT2D eigenvalue weighted by molar-refractivity contribution is -0.141. The van der Waals surface area contributed by atoms with E-state index in [0.29, 0.717) is 12.3 Å². The predicted molar refractivity (Wildman–Crippen MR) is 62.6 cm³/mol. The summed E-state index contributed by atoms with van der Waals surface area (Å²) >= 11 is 0. The molecule has 1 fully saturated rings. The van der Waals surface area contributed by atoms with Crippen LogP contribution in [0.2, 0.25) is 0 Å². The van der Waals surface area contributed by atoms with E-state index in [4.69, 9.17) is 9.84 Å². The normalized spacial score (nSPS) is 18.6. The first-order valence-corrected chi connectivity index (χ1v) is 6.19. The van der Waals surface area contributed by atoms with E-state index < -0.39 is 12.0 Å². The molecule has 0 bridgehead atoms. The Hall–Kier alpha value is -1.10. The van der Waals surface area contributed by atoms with E-state index in [0.717, 1.165) is 38.9 Å². The van der Waals surface area contributed by atoms with Crippen molar-refractivity contribution in [3.63, 3.8) is 0 Å². The SMILES string of the molecule is C[C@@H](NC(=O)CCCC1CCOCC1)C(=O)O. The van der Waals surface area contributed by atoms with Crippen molar-refractivity contribution < 1.29 is 19.4 Å². The molecule has 0 aromatic rings. The fourth-order valence-electron chi connectivity index (χ4n) is 1.96. The summed E-state index contributed by atoms with van der Waals surface area (Å²) in [4.78, 5) is 21.9. The smallest absolute Gasteiger partial charge is 0.325 e. The molecule has 1 rings (SSSR count). The molecular weight excluding hydrogens is 222 g/mol. The third-order valence-electron chi connectivity index (χ3n) is 3.11. The van der Waals surface area contributed by atoms with Gasteiger partial charge < -0.3 is 15.2 Å². The van der Waals surface area contributed by atoms with Crippen LogP contribution in [-0.4, -0.2) is 36.2 Å². The molecule has 1 heterocycles. The fraction of sp³-hybridized carbons (Fsp3) is 0.833. The maximum atomic E-state index is 11.4. The highest BCUT2D eigenvalue weighted by atomic mass is 16.5. The van der Waals surface area contributed by atoms with Crippen LogP contribution in [0, 0.1) is 5.92 Å². The standard InChI is InChI=1S/C12H21NO4/c1-9(12(15)16)13-11(14)4-2-3-10-5-7-17-8-6-10/h9-10H,2-8H2,1H3,(H,13,14)(H,15,16)/t9-/m1/s1. The summed E-state index contributed by atoms with van der Waals surface area (Å²) in [5, 5.41) is 11.1. The maximum absolute atomic E-state index is 11.4. The van der Waals surface area contributed by atoms with Gasteiger partial charge in [-0.2, -0.15) is 0 Å². The second-order valence-corrected chi connectivity index (χ2v) is 4.58. The minimum absolute atomic E-state index is 0.174. The highest BCUT2D eigenvalue weighted by molar-refractivity contribution is 5.83. The number of nitrogens with one attached hydrogen (secondary N) is 1. The minimum Gasteiger partial charge on any atom is -0.480 e. The van der Waals surface area contributed by atoms with Crippen molar-refractivity contribution in [2.24, 2.45) is 5.92 Å². The molecule has 0 aliphatic carbocycles. The lowest BCUT2D eigenvalue weighted by Gasteiger charge is -2.21. The largest absolute Gasteiger partial charge is 0.480 e. The quantitative estimate of drug-likeness (QED) is 0.734. The number of amides is 1. The molecule has 5 heteroatoms. The van der Waals surface area contributed by atoms with Gasteiger partial charge in [-0.25, -0.2) is 0 Å². The Labute approximate surface area is 102 Å². The Morgan fingerprint density at radius 3 is 2.65 bits per heavy atom. The summed E-state index contributed by atoms with van der Waals surface area (Å²) in [5.74, 6) is -0.511. The lowest BCUT2D eigenvalue weighted by atomic mass is 9.94. The average Bonchev–Trinajstić information content (AvgIpc) is 2.30. The number of carboxylic acids is 1. The zero-order chi connectivity index (χ0) is 12.7. The van der Waals surface area contributed by atoms with E-state index in [-0.39, 0.29) is 5.91 Å². The number of carbonyl (C=O) groups excluding carboxylic acids is 1. The molecular formula is C12H21NO4. The molecule has 5 nitrogen and oxygen atoms in total. The van der Waals surface area contributed by atoms with Crippen molar-refractivity contribution >= 4 is 11.9 Å². The van der Waals surface area contributed by atoms with E-state index in [1.54, 1.807) is 0 Å². The van der Waals surface area contributed by atoms with Gasteiger partial charge in [0.1, 0.15) is 6.04 Å². The molecule has 1 amide bonds. The zero-order valence-corrected chi connectivity index (χ0v) is 10.3. The number of carboxylic acid groups (broad SMARTS) is 1. The Balaban J connectivity index is 2.09. The van der Waals surface area contributed by atoms with Gasteiger partial charge in [0.2, 0.25) is 5.91 Å². The summed E-state index contributed by atoms with van der Waals surface area (Å²) in [6.45, 7) is 3.12. The van der Waals surface area contributed by atoms with Crippen molar-refractivity contribution in [3.05, 3.63) is 0 Å². The van der Waals surface area contributed by atoms with Gasteiger partial charge in [-0.15, -0.1) is 0 Å². The highest BCUT2D eigenvalue weighted by Gasteiger charge is 2.16. The Bertz CT molecular complexity index is 261. The molecule has 2 N–H and O–H groups in total. The summed E-state index contributed by atoms with van der Waals surface area (Å²) in [7, 11) is 0. The Kier molecular flexibility index (Phi) is 5.97. The molecule has 0 spiro atoms. The van der Waals surface area contributed by atoms with Gasteiger partial charge in [0.15, 0.2) is 0 Å². The Morgan fingerprint density at radius 1 is 1.41 bits per heavy atom. The third kappa shape index (κ3) is 5.68. The van der Waals surface area contributed by atoms with Gasteiger partial charge in [0.05, 0.1) is 0 Å². The summed E-state index contributed by atoms with van der Waals surface area (Å²) < 4.78 is 5.26. The zero-order valence-electron chi connectivity index (χ0n) is 10.3.